The number of hydrogen-bond acceptors (Lipinski definition) is 3. The van der Waals surface area contributed by atoms with Crippen molar-refractivity contribution in [2.45, 2.75) is 12.3 Å². The molecule has 0 aliphatic carbocycles. The first-order valence-electron chi connectivity index (χ1n) is 9.70. The minimum Gasteiger partial charge on any atom is -0.336 e. The molecule has 156 valence electrons. The summed E-state index contributed by atoms with van der Waals surface area (Å²) in [5.41, 5.74) is 3.02. The van der Waals surface area contributed by atoms with Gasteiger partial charge in [0.2, 0.25) is 0 Å². The number of alkyl halides is 1. The molecule has 1 fully saturated rings. The van der Waals surface area contributed by atoms with Gasteiger partial charge in [0.1, 0.15) is 11.5 Å². The van der Waals surface area contributed by atoms with Gasteiger partial charge in [0, 0.05) is 63.7 Å². The molecule has 0 bridgehead atoms. The van der Waals surface area contributed by atoms with Crippen LogP contribution in [0.15, 0.2) is 54.7 Å². The van der Waals surface area contributed by atoms with Crippen LogP contribution < -0.4 is 0 Å². The lowest BCUT2D eigenvalue weighted by molar-refractivity contribution is 0.0763. The molecule has 5 nitrogen and oxygen atoms in total. The molecule has 1 aliphatic rings. The van der Waals surface area contributed by atoms with Gasteiger partial charge in [-0.25, -0.2) is 4.98 Å². The van der Waals surface area contributed by atoms with E-state index < -0.39 is 10.8 Å². The highest BCUT2D eigenvalue weighted by Crippen LogP contribution is 2.28. The van der Waals surface area contributed by atoms with Gasteiger partial charge >= 0.3 is 0 Å². The quantitative estimate of drug-likeness (QED) is 0.536. The SMILES string of the molecule is O=C(c1cn(-c2ccc(Cl)cc2)c(-c2ccccc2CCl)n1)N1CCCS(=O)CC1. The first-order chi connectivity index (χ1) is 14.6. The molecule has 1 saturated heterocycles. The van der Waals surface area contributed by atoms with Gasteiger partial charge in [0.15, 0.2) is 0 Å². The molecule has 0 radical (unpaired) electrons. The molecule has 0 N–H and O–H groups in total. The van der Waals surface area contributed by atoms with Crippen LogP contribution >= 0.6 is 23.2 Å². The van der Waals surface area contributed by atoms with Crippen molar-refractivity contribution in [1.29, 1.82) is 0 Å². The minimum absolute atomic E-state index is 0.147. The van der Waals surface area contributed by atoms with Gasteiger partial charge in [-0.3, -0.25) is 13.6 Å². The average molecular weight is 462 g/mol. The highest BCUT2D eigenvalue weighted by Gasteiger charge is 2.24. The standard InChI is InChI=1S/C22H21Cl2N3O2S/c23-14-16-4-1-2-5-19(16)21-25-20(15-27(21)18-8-6-17(24)7-9-18)22(28)26-10-3-12-30(29)13-11-26/h1-2,4-9,15H,3,10-14H2. The van der Waals surface area contributed by atoms with Crippen molar-refractivity contribution in [3.8, 4) is 17.1 Å². The van der Waals surface area contributed by atoms with Crippen LogP contribution in [0.25, 0.3) is 17.1 Å². The molecule has 0 spiro atoms. The number of imidazole rings is 1. The number of carbonyl (C=O) groups excluding carboxylic acids is 1. The second kappa shape index (κ2) is 9.33. The van der Waals surface area contributed by atoms with Crippen molar-refractivity contribution in [2.75, 3.05) is 24.6 Å². The number of aromatic nitrogens is 2. The first-order valence-corrected chi connectivity index (χ1v) is 12.1. The Labute approximate surface area is 188 Å². The summed E-state index contributed by atoms with van der Waals surface area (Å²) in [4.78, 5) is 19.7. The number of benzene rings is 2. The van der Waals surface area contributed by atoms with Crippen molar-refractivity contribution in [3.63, 3.8) is 0 Å². The summed E-state index contributed by atoms with van der Waals surface area (Å²) in [5, 5.41) is 0.635. The van der Waals surface area contributed by atoms with E-state index in [4.69, 9.17) is 28.2 Å². The van der Waals surface area contributed by atoms with Crippen molar-refractivity contribution >= 4 is 39.9 Å². The van der Waals surface area contributed by atoms with Crippen LogP contribution in [0, 0.1) is 0 Å². The zero-order valence-corrected chi connectivity index (χ0v) is 18.6. The van der Waals surface area contributed by atoms with Gasteiger partial charge in [-0.15, -0.1) is 11.6 Å². The summed E-state index contributed by atoms with van der Waals surface area (Å²) in [6.45, 7) is 1.07. The van der Waals surface area contributed by atoms with Crippen molar-refractivity contribution in [3.05, 3.63) is 71.0 Å². The van der Waals surface area contributed by atoms with Gasteiger partial charge < -0.3 is 4.90 Å². The third-order valence-corrected chi connectivity index (χ3v) is 7.03. The lowest BCUT2D eigenvalue weighted by Gasteiger charge is -2.18. The van der Waals surface area contributed by atoms with E-state index in [2.05, 4.69) is 0 Å². The number of halogens is 2. The van der Waals surface area contributed by atoms with Gasteiger partial charge in [0.25, 0.3) is 5.91 Å². The summed E-state index contributed by atoms with van der Waals surface area (Å²) in [6, 6.07) is 15.2. The monoisotopic (exact) mass is 461 g/mol. The molecule has 30 heavy (non-hydrogen) atoms. The van der Waals surface area contributed by atoms with E-state index in [9.17, 15) is 9.00 Å². The van der Waals surface area contributed by atoms with E-state index in [1.54, 1.807) is 23.2 Å². The Kier molecular flexibility index (Phi) is 6.56. The molecular formula is C22H21Cl2N3O2S. The van der Waals surface area contributed by atoms with Crippen molar-refractivity contribution in [1.82, 2.24) is 14.5 Å². The Hall–Kier alpha value is -2.15. The van der Waals surface area contributed by atoms with Crippen LogP contribution in [0.5, 0.6) is 0 Å². The highest BCUT2D eigenvalue weighted by molar-refractivity contribution is 7.85. The topological polar surface area (TPSA) is 55.2 Å². The molecule has 3 aromatic rings. The highest BCUT2D eigenvalue weighted by atomic mass is 35.5. The Morgan fingerprint density at radius 2 is 1.83 bits per heavy atom. The van der Waals surface area contributed by atoms with Crippen LogP contribution in [0.4, 0.5) is 0 Å². The number of amides is 1. The summed E-state index contributed by atoms with van der Waals surface area (Å²) in [6.07, 6.45) is 2.49. The Balaban J connectivity index is 1.78. The van der Waals surface area contributed by atoms with Crippen molar-refractivity contribution < 1.29 is 9.00 Å². The minimum atomic E-state index is -0.863. The Bertz CT molecular complexity index is 1080. The number of nitrogens with zero attached hydrogens (tertiary/aromatic N) is 3. The van der Waals surface area contributed by atoms with E-state index in [0.717, 1.165) is 23.2 Å². The predicted octanol–water partition coefficient (Wildman–Crippen LogP) is 4.53. The van der Waals surface area contributed by atoms with E-state index in [1.165, 1.54) is 0 Å². The molecule has 1 unspecified atom stereocenters. The molecule has 0 saturated carbocycles. The Morgan fingerprint density at radius 1 is 1.07 bits per heavy atom. The third-order valence-electron chi connectivity index (χ3n) is 5.11. The summed E-state index contributed by atoms with van der Waals surface area (Å²) < 4.78 is 13.7. The molecule has 1 aliphatic heterocycles. The van der Waals surface area contributed by atoms with Gasteiger partial charge in [0.05, 0.1) is 0 Å². The third kappa shape index (κ3) is 4.46. The fourth-order valence-corrected chi connectivity index (χ4v) is 4.97. The van der Waals surface area contributed by atoms with E-state index in [0.29, 0.717) is 47.0 Å². The zero-order valence-electron chi connectivity index (χ0n) is 16.3. The first kappa shape index (κ1) is 21.1. The predicted molar refractivity (Wildman–Crippen MR) is 122 cm³/mol. The molecular weight excluding hydrogens is 441 g/mol. The average Bonchev–Trinajstić information content (AvgIpc) is 3.09. The van der Waals surface area contributed by atoms with E-state index in [1.807, 2.05) is 41.0 Å². The van der Waals surface area contributed by atoms with Gasteiger partial charge in [-0.2, -0.15) is 0 Å². The number of hydrogen-bond donors (Lipinski definition) is 0. The van der Waals surface area contributed by atoms with Gasteiger partial charge in [-0.1, -0.05) is 35.9 Å². The van der Waals surface area contributed by atoms with Crippen LogP contribution in [0.1, 0.15) is 22.5 Å². The number of carbonyl (C=O) groups is 1. The molecule has 8 heteroatoms. The maximum absolute atomic E-state index is 13.2. The second-order valence-electron chi connectivity index (χ2n) is 7.08. The zero-order chi connectivity index (χ0) is 21.1. The molecule has 2 aromatic carbocycles. The van der Waals surface area contributed by atoms with Crippen LogP contribution in [-0.2, 0) is 16.7 Å². The molecule has 1 atom stereocenters. The van der Waals surface area contributed by atoms with E-state index >= 15 is 0 Å². The van der Waals surface area contributed by atoms with Crippen LogP contribution in [0.2, 0.25) is 5.02 Å². The van der Waals surface area contributed by atoms with Crippen LogP contribution in [-0.4, -0.2) is 49.2 Å². The number of rotatable bonds is 4. The van der Waals surface area contributed by atoms with Gasteiger partial charge in [-0.05, 0) is 36.2 Å². The molecule has 2 heterocycles. The molecule has 1 amide bonds. The molecule has 4 rings (SSSR count). The maximum atomic E-state index is 13.2. The largest absolute Gasteiger partial charge is 0.336 e. The summed E-state index contributed by atoms with van der Waals surface area (Å²) >= 11 is 12.2. The van der Waals surface area contributed by atoms with E-state index in [-0.39, 0.29) is 5.91 Å². The van der Waals surface area contributed by atoms with Crippen LogP contribution in [0.3, 0.4) is 0 Å². The lowest BCUT2D eigenvalue weighted by Crippen LogP contribution is -2.33. The normalized spacial score (nSPS) is 17.0. The fraction of sp³-hybridized carbons (Fsp3) is 0.273. The maximum Gasteiger partial charge on any atom is 0.274 e. The van der Waals surface area contributed by atoms with Crippen molar-refractivity contribution in [2.24, 2.45) is 0 Å². The fourth-order valence-electron chi connectivity index (χ4n) is 3.53. The second-order valence-corrected chi connectivity index (χ2v) is 9.48. The Morgan fingerprint density at radius 3 is 2.60 bits per heavy atom. The molecule has 1 aromatic heterocycles. The summed E-state index contributed by atoms with van der Waals surface area (Å²) in [5.74, 6) is 1.98. The summed E-state index contributed by atoms with van der Waals surface area (Å²) in [7, 11) is -0.863. The lowest BCUT2D eigenvalue weighted by atomic mass is 10.1. The smallest absolute Gasteiger partial charge is 0.274 e.